The van der Waals surface area contributed by atoms with Crippen LogP contribution in [0.5, 0.6) is 11.5 Å². The van der Waals surface area contributed by atoms with E-state index in [0.717, 1.165) is 21.4 Å². The zero-order valence-corrected chi connectivity index (χ0v) is 15.5. The molecule has 0 fully saturated rings. The van der Waals surface area contributed by atoms with Crippen LogP contribution in [-0.4, -0.2) is 39.4 Å². The Hall–Kier alpha value is -2.39. The number of methoxy groups -OCH3 is 2. The third-order valence-corrected chi connectivity index (χ3v) is 5.26. The molecule has 1 aromatic carbocycles. The van der Waals surface area contributed by atoms with Gasteiger partial charge in [-0.25, -0.2) is 9.67 Å². The molecular weight excluding hydrogens is 358 g/mol. The van der Waals surface area contributed by atoms with Gasteiger partial charge in [0.05, 0.1) is 26.5 Å². The molecule has 130 valence electrons. The van der Waals surface area contributed by atoms with Crippen molar-refractivity contribution in [1.82, 2.24) is 25.2 Å². The van der Waals surface area contributed by atoms with E-state index in [9.17, 15) is 0 Å². The molecule has 0 saturated heterocycles. The maximum Gasteiger partial charge on any atom is 0.209 e. The first-order chi connectivity index (χ1) is 12.2. The molecule has 0 spiro atoms. The van der Waals surface area contributed by atoms with Gasteiger partial charge >= 0.3 is 0 Å². The molecule has 0 saturated carbocycles. The van der Waals surface area contributed by atoms with Crippen molar-refractivity contribution in [1.29, 1.82) is 0 Å². The number of allylic oxidation sites excluding steroid dienone is 1. The number of tetrazole rings is 1. The Morgan fingerprint density at radius 3 is 2.88 bits per heavy atom. The summed E-state index contributed by atoms with van der Waals surface area (Å²) < 4.78 is 12.3. The van der Waals surface area contributed by atoms with Gasteiger partial charge in [-0.3, -0.25) is 0 Å². The van der Waals surface area contributed by atoms with Crippen LogP contribution in [0.25, 0.3) is 10.6 Å². The molecule has 2 heterocycles. The maximum atomic E-state index is 5.35. The number of thiazole rings is 1. The van der Waals surface area contributed by atoms with Crippen molar-refractivity contribution in [2.24, 2.45) is 0 Å². The molecule has 0 aliphatic carbocycles. The van der Waals surface area contributed by atoms with Crippen molar-refractivity contribution >= 4 is 23.1 Å². The average molecular weight is 375 g/mol. The van der Waals surface area contributed by atoms with E-state index < -0.39 is 0 Å². The number of hydrogen-bond donors (Lipinski definition) is 0. The Labute approximate surface area is 153 Å². The second-order valence-electron chi connectivity index (χ2n) is 4.93. The third-order valence-electron chi connectivity index (χ3n) is 3.33. The summed E-state index contributed by atoms with van der Waals surface area (Å²) in [6, 6.07) is 5.79. The molecule has 0 aliphatic heterocycles. The number of thioether (sulfide) groups is 1. The standard InChI is InChI=1S/C16H17N5O2S2/c1-4-7-21-16(18-19-20-21)25-10-12-9-24-15(17-12)11-5-6-13(22-2)14(8-11)23-3/h4-6,8-9H,1,7,10H2,2-3H3. The van der Waals surface area contributed by atoms with Crippen molar-refractivity contribution < 1.29 is 9.47 Å². The van der Waals surface area contributed by atoms with Gasteiger partial charge in [-0.2, -0.15) is 0 Å². The molecule has 0 amide bonds. The Morgan fingerprint density at radius 1 is 1.28 bits per heavy atom. The second-order valence-corrected chi connectivity index (χ2v) is 6.74. The van der Waals surface area contributed by atoms with E-state index in [4.69, 9.17) is 9.47 Å². The lowest BCUT2D eigenvalue weighted by molar-refractivity contribution is 0.355. The number of benzene rings is 1. The SMILES string of the molecule is C=CCn1nnnc1SCc1csc(-c2ccc(OC)c(OC)c2)n1. The van der Waals surface area contributed by atoms with E-state index in [2.05, 4.69) is 27.1 Å². The van der Waals surface area contributed by atoms with E-state index in [-0.39, 0.29) is 0 Å². The van der Waals surface area contributed by atoms with Gasteiger partial charge in [0.15, 0.2) is 11.5 Å². The van der Waals surface area contributed by atoms with Gasteiger partial charge in [-0.05, 0) is 28.6 Å². The largest absolute Gasteiger partial charge is 0.493 e. The summed E-state index contributed by atoms with van der Waals surface area (Å²) in [6.07, 6.45) is 1.76. The van der Waals surface area contributed by atoms with Gasteiger partial charge in [0.2, 0.25) is 5.16 Å². The highest BCUT2D eigenvalue weighted by Crippen LogP contribution is 2.34. The molecule has 7 nitrogen and oxygen atoms in total. The molecule has 0 N–H and O–H groups in total. The smallest absolute Gasteiger partial charge is 0.209 e. The molecular formula is C16H17N5O2S2. The number of aromatic nitrogens is 5. The van der Waals surface area contributed by atoms with Gasteiger partial charge in [0, 0.05) is 16.7 Å². The number of nitrogens with zero attached hydrogens (tertiary/aromatic N) is 5. The Kier molecular flexibility index (Phi) is 5.67. The predicted molar refractivity (Wildman–Crippen MR) is 98.2 cm³/mol. The summed E-state index contributed by atoms with van der Waals surface area (Å²) in [5, 5.41) is 15.4. The zero-order valence-electron chi connectivity index (χ0n) is 13.9. The average Bonchev–Trinajstić information content (AvgIpc) is 3.29. The molecule has 3 rings (SSSR count). The highest BCUT2D eigenvalue weighted by molar-refractivity contribution is 7.98. The highest BCUT2D eigenvalue weighted by atomic mass is 32.2. The van der Waals surface area contributed by atoms with Crippen molar-refractivity contribution in [3.63, 3.8) is 0 Å². The van der Waals surface area contributed by atoms with Crippen LogP contribution in [0.4, 0.5) is 0 Å². The van der Waals surface area contributed by atoms with Crippen LogP contribution in [0.1, 0.15) is 5.69 Å². The van der Waals surface area contributed by atoms with Crippen molar-refractivity contribution in [2.45, 2.75) is 17.5 Å². The minimum atomic E-state index is 0.587. The first-order valence-electron chi connectivity index (χ1n) is 7.41. The summed E-state index contributed by atoms with van der Waals surface area (Å²) in [6.45, 7) is 4.29. The van der Waals surface area contributed by atoms with E-state index in [1.807, 2.05) is 23.6 Å². The molecule has 0 atom stereocenters. The van der Waals surface area contributed by atoms with Crippen LogP contribution in [0.3, 0.4) is 0 Å². The summed E-state index contributed by atoms with van der Waals surface area (Å²) in [7, 11) is 3.25. The van der Waals surface area contributed by atoms with E-state index in [0.29, 0.717) is 23.8 Å². The quantitative estimate of drug-likeness (QED) is 0.442. The van der Waals surface area contributed by atoms with Gasteiger partial charge in [-0.15, -0.1) is 23.0 Å². The minimum Gasteiger partial charge on any atom is -0.493 e. The van der Waals surface area contributed by atoms with Crippen LogP contribution >= 0.6 is 23.1 Å². The maximum absolute atomic E-state index is 5.35. The van der Waals surface area contributed by atoms with Crippen molar-refractivity contribution in [2.75, 3.05) is 14.2 Å². The fourth-order valence-corrected chi connectivity index (χ4v) is 3.85. The summed E-state index contributed by atoms with van der Waals surface area (Å²) in [5.74, 6) is 2.09. The van der Waals surface area contributed by atoms with Crippen LogP contribution in [0.2, 0.25) is 0 Å². The molecule has 0 radical (unpaired) electrons. The van der Waals surface area contributed by atoms with E-state index in [1.165, 1.54) is 0 Å². The Bertz CT molecular complexity index is 862. The van der Waals surface area contributed by atoms with Crippen LogP contribution in [0.15, 0.2) is 41.4 Å². The predicted octanol–water partition coefficient (Wildman–Crippen LogP) is 3.29. The molecule has 2 aromatic heterocycles. The van der Waals surface area contributed by atoms with Gasteiger partial charge in [0.1, 0.15) is 5.01 Å². The van der Waals surface area contributed by atoms with Crippen LogP contribution in [-0.2, 0) is 12.3 Å². The molecule has 25 heavy (non-hydrogen) atoms. The molecule has 3 aromatic rings. The highest BCUT2D eigenvalue weighted by Gasteiger charge is 2.11. The second kappa shape index (κ2) is 8.13. The molecule has 0 bridgehead atoms. The first kappa shape index (κ1) is 17.4. The summed E-state index contributed by atoms with van der Waals surface area (Å²) >= 11 is 3.14. The monoisotopic (exact) mass is 375 g/mol. The fourth-order valence-electron chi connectivity index (χ4n) is 2.15. The van der Waals surface area contributed by atoms with E-state index in [1.54, 1.807) is 48.1 Å². The Balaban J connectivity index is 1.72. The number of ether oxygens (including phenoxy) is 2. The summed E-state index contributed by atoms with van der Waals surface area (Å²) in [5.41, 5.74) is 1.98. The lowest BCUT2D eigenvalue weighted by Gasteiger charge is -2.08. The van der Waals surface area contributed by atoms with Gasteiger partial charge in [0.25, 0.3) is 0 Å². The molecule has 0 unspecified atom stereocenters. The third kappa shape index (κ3) is 3.99. The topological polar surface area (TPSA) is 75.0 Å². The van der Waals surface area contributed by atoms with Crippen LogP contribution < -0.4 is 9.47 Å². The molecule has 0 aliphatic rings. The normalized spacial score (nSPS) is 10.6. The first-order valence-corrected chi connectivity index (χ1v) is 9.28. The number of rotatable bonds is 8. The Morgan fingerprint density at radius 2 is 2.12 bits per heavy atom. The minimum absolute atomic E-state index is 0.587. The van der Waals surface area contributed by atoms with Crippen molar-refractivity contribution in [3.8, 4) is 22.1 Å². The lowest BCUT2D eigenvalue weighted by atomic mass is 10.2. The van der Waals surface area contributed by atoms with E-state index >= 15 is 0 Å². The summed E-state index contributed by atoms with van der Waals surface area (Å²) in [4.78, 5) is 4.69. The van der Waals surface area contributed by atoms with Crippen LogP contribution in [0, 0.1) is 0 Å². The zero-order chi connectivity index (χ0) is 17.6. The van der Waals surface area contributed by atoms with Gasteiger partial charge in [-0.1, -0.05) is 17.8 Å². The number of hydrogen-bond acceptors (Lipinski definition) is 8. The molecule has 9 heteroatoms. The van der Waals surface area contributed by atoms with Crippen molar-refractivity contribution in [3.05, 3.63) is 41.9 Å². The fraction of sp³-hybridized carbons (Fsp3) is 0.250. The van der Waals surface area contributed by atoms with Gasteiger partial charge < -0.3 is 9.47 Å². The lowest BCUT2D eigenvalue weighted by Crippen LogP contribution is -1.99.